The van der Waals surface area contributed by atoms with Gasteiger partial charge in [-0.15, -0.1) is 0 Å². The molecular formula is C17H11F3N2O3. The van der Waals surface area contributed by atoms with Crippen molar-refractivity contribution in [3.05, 3.63) is 74.7 Å². The zero-order valence-electron chi connectivity index (χ0n) is 12.8. The van der Waals surface area contributed by atoms with Crippen LogP contribution in [0.15, 0.2) is 51.0 Å². The highest BCUT2D eigenvalue weighted by molar-refractivity contribution is 5.56. The third-order valence-corrected chi connectivity index (χ3v) is 3.83. The number of nitriles is 1. The molecule has 2 N–H and O–H groups in total. The van der Waals surface area contributed by atoms with E-state index in [-0.39, 0.29) is 34.1 Å². The third kappa shape index (κ3) is 2.74. The largest absolute Gasteiger partial charge is 0.440 e. The number of rotatable bonds is 1. The Morgan fingerprint density at radius 3 is 2.60 bits per heavy atom. The maximum absolute atomic E-state index is 13.4. The van der Waals surface area contributed by atoms with Gasteiger partial charge in [-0.2, -0.15) is 18.4 Å². The van der Waals surface area contributed by atoms with E-state index >= 15 is 0 Å². The van der Waals surface area contributed by atoms with E-state index in [0.29, 0.717) is 0 Å². The predicted molar refractivity (Wildman–Crippen MR) is 80.5 cm³/mol. The molecule has 8 heteroatoms. The maximum Gasteiger partial charge on any atom is 0.416 e. The molecule has 5 nitrogen and oxygen atoms in total. The van der Waals surface area contributed by atoms with Crippen molar-refractivity contribution in [2.75, 3.05) is 0 Å². The molecule has 0 radical (unpaired) electrons. The van der Waals surface area contributed by atoms with Crippen LogP contribution in [0.25, 0.3) is 0 Å². The molecule has 0 aliphatic carbocycles. The summed E-state index contributed by atoms with van der Waals surface area (Å²) in [4.78, 5) is 12.3. The van der Waals surface area contributed by atoms with Crippen molar-refractivity contribution < 1.29 is 22.3 Å². The Morgan fingerprint density at radius 1 is 1.28 bits per heavy atom. The Hall–Kier alpha value is -3.21. The molecule has 2 heterocycles. The number of hydrogen-bond acceptors (Lipinski definition) is 5. The number of hydrogen-bond donors (Lipinski definition) is 1. The number of aryl methyl sites for hydroxylation is 1. The number of alkyl halides is 3. The highest BCUT2D eigenvalue weighted by Gasteiger charge is 2.41. The summed E-state index contributed by atoms with van der Waals surface area (Å²) in [5.41, 5.74) is 3.14. The van der Waals surface area contributed by atoms with Crippen molar-refractivity contribution in [3.63, 3.8) is 0 Å². The van der Waals surface area contributed by atoms with E-state index in [1.54, 1.807) is 6.07 Å². The Morgan fingerprint density at radius 2 is 1.96 bits per heavy atom. The molecule has 3 rings (SSSR count). The third-order valence-electron chi connectivity index (χ3n) is 3.83. The first kappa shape index (κ1) is 16.6. The average Bonchev–Trinajstić information content (AvgIpc) is 2.52. The van der Waals surface area contributed by atoms with E-state index in [1.807, 2.05) is 0 Å². The van der Waals surface area contributed by atoms with E-state index in [2.05, 4.69) is 0 Å². The number of nitrogens with zero attached hydrogens (tertiary/aromatic N) is 1. The van der Waals surface area contributed by atoms with Crippen molar-refractivity contribution >= 4 is 0 Å². The number of benzene rings is 1. The maximum atomic E-state index is 13.4. The van der Waals surface area contributed by atoms with Crippen LogP contribution in [-0.4, -0.2) is 0 Å². The quantitative estimate of drug-likeness (QED) is 0.855. The van der Waals surface area contributed by atoms with Crippen LogP contribution in [-0.2, 0) is 6.18 Å². The molecule has 1 aromatic carbocycles. The van der Waals surface area contributed by atoms with E-state index in [4.69, 9.17) is 14.9 Å². The lowest BCUT2D eigenvalue weighted by atomic mass is 9.82. The van der Waals surface area contributed by atoms with Crippen LogP contribution in [0.1, 0.15) is 28.4 Å². The van der Waals surface area contributed by atoms with Crippen LogP contribution in [0, 0.1) is 18.3 Å². The second kappa shape index (κ2) is 5.70. The van der Waals surface area contributed by atoms with Gasteiger partial charge in [-0.25, -0.2) is 4.79 Å². The number of nitrogens with two attached hydrogens (primary N) is 1. The minimum atomic E-state index is -4.67. The number of ether oxygens (including phenoxy) is 1. The first-order valence-electron chi connectivity index (χ1n) is 7.12. The van der Waals surface area contributed by atoms with Gasteiger partial charge in [0.1, 0.15) is 23.2 Å². The van der Waals surface area contributed by atoms with Crippen LogP contribution >= 0.6 is 0 Å². The van der Waals surface area contributed by atoms with Gasteiger partial charge in [0.15, 0.2) is 0 Å². The summed E-state index contributed by atoms with van der Waals surface area (Å²) in [6, 6.07) is 7.79. The van der Waals surface area contributed by atoms with E-state index in [0.717, 1.165) is 6.07 Å². The highest BCUT2D eigenvalue weighted by Crippen LogP contribution is 2.44. The van der Waals surface area contributed by atoms with Crippen molar-refractivity contribution in [1.29, 1.82) is 5.26 Å². The molecular weight excluding hydrogens is 337 g/mol. The Kier molecular flexibility index (Phi) is 3.80. The summed E-state index contributed by atoms with van der Waals surface area (Å²) >= 11 is 0. The highest BCUT2D eigenvalue weighted by atomic mass is 19.4. The lowest BCUT2D eigenvalue weighted by Crippen LogP contribution is -2.27. The fraction of sp³-hybridized carbons (Fsp3) is 0.176. The van der Waals surface area contributed by atoms with Gasteiger partial charge in [0.25, 0.3) is 0 Å². The fourth-order valence-electron chi connectivity index (χ4n) is 2.84. The second-order valence-corrected chi connectivity index (χ2v) is 5.43. The van der Waals surface area contributed by atoms with Crippen LogP contribution in [0.4, 0.5) is 13.2 Å². The molecule has 0 saturated carbocycles. The molecule has 1 aromatic heterocycles. The van der Waals surface area contributed by atoms with Gasteiger partial charge < -0.3 is 14.9 Å². The summed E-state index contributed by atoms with van der Waals surface area (Å²) < 4.78 is 50.5. The van der Waals surface area contributed by atoms with Gasteiger partial charge in [0, 0.05) is 6.07 Å². The lowest BCUT2D eigenvalue weighted by molar-refractivity contribution is -0.138. The summed E-state index contributed by atoms with van der Waals surface area (Å²) in [5, 5.41) is 9.38. The zero-order chi connectivity index (χ0) is 18.4. The Balaban J connectivity index is 2.37. The molecule has 128 valence electrons. The number of fused-ring (bicyclic) bond motifs is 1. The Labute approximate surface area is 139 Å². The lowest BCUT2D eigenvalue weighted by Gasteiger charge is -2.27. The minimum absolute atomic E-state index is 0.0211. The summed E-state index contributed by atoms with van der Waals surface area (Å²) in [6.07, 6.45) is -4.67. The molecule has 0 bridgehead atoms. The molecule has 0 saturated heterocycles. The standard InChI is InChI=1S/C17H11F3N2O3/c1-8-6-12-14(16(23)24-8)13(10(7-21)15(22)25-12)9-4-2-3-5-11(9)17(18,19)20/h2-6,13H,22H2,1H3. The molecule has 1 aliphatic heterocycles. The van der Waals surface area contributed by atoms with Crippen molar-refractivity contribution in [2.45, 2.75) is 19.0 Å². The SMILES string of the molecule is Cc1cc2c(c(=O)o1)C(c1ccccc1C(F)(F)F)C(C#N)=C(N)O2. The van der Waals surface area contributed by atoms with Gasteiger partial charge >= 0.3 is 11.8 Å². The first-order valence-corrected chi connectivity index (χ1v) is 7.12. The fourth-order valence-corrected chi connectivity index (χ4v) is 2.84. The van der Waals surface area contributed by atoms with Gasteiger partial charge in [-0.1, -0.05) is 18.2 Å². The van der Waals surface area contributed by atoms with Gasteiger partial charge in [0.2, 0.25) is 5.88 Å². The molecule has 1 aliphatic rings. The molecule has 0 fully saturated rings. The normalized spacial score (nSPS) is 16.8. The zero-order valence-corrected chi connectivity index (χ0v) is 12.8. The van der Waals surface area contributed by atoms with Crippen LogP contribution < -0.4 is 16.1 Å². The topological polar surface area (TPSA) is 89.2 Å². The van der Waals surface area contributed by atoms with E-state index < -0.39 is 23.3 Å². The molecule has 1 unspecified atom stereocenters. The van der Waals surface area contributed by atoms with Crippen molar-refractivity contribution in [2.24, 2.45) is 5.73 Å². The first-order chi connectivity index (χ1) is 11.7. The minimum Gasteiger partial charge on any atom is -0.440 e. The molecule has 0 amide bonds. The predicted octanol–water partition coefficient (Wildman–Crippen LogP) is 3.19. The van der Waals surface area contributed by atoms with Crippen molar-refractivity contribution in [1.82, 2.24) is 0 Å². The molecule has 2 aromatic rings. The van der Waals surface area contributed by atoms with E-state index in [9.17, 15) is 23.2 Å². The smallest absolute Gasteiger partial charge is 0.416 e. The van der Waals surface area contributed by atoms with E-state index in [1.165, 1.54) is 31.2 Å². The number of allylic oxidation sites excluding steroid dienone is 1. The summed E-state index contributed by atoms with van der Waals surface area (Å²) in [7, 11) is 0. The van der Waals surface area contributed by atoms with Gasteiger partial charge in [0.05, 0.1) is 17.0 Å². The van der Waals surface area contributed by atoms with Crippen LogP contribution in [0.3, 0.4) is 0 Å². The molecule has 1 atom stereocenters. The van der Waals surface area contributed by atoms with Gasteiger partial charge in [-0.05, 0) is 18.6 Å². The summed E-state index contributed by atoms with van der Waals surface area (Å²) in [5.74, 6) is -1.49. The van der Waals surface area contributed by atoms with Crippen LogP contribution in [0.5, 0.6) is 5.75 Å². The number of halogens is 3. The average molecular weight is 348 g/mol. The van der Waals surface area contributed by atoms with Crippen molar-refractivity contribution in [3.8, 4) is 11.8 Å². The molecule has 25 heavy (non-hydrogen) atoms. The Bertz CT molecular complexity index is 984. The van der Waals surface area contributed by atoms with Gasteiger partial charge in [-0.3, -0.25) is 0 Å². The second-order valence-electron chi connectivity index (χ2n) is 5.43. The molecule has 0 spiro atoms. The summed E-state index contributed by atoms with van der Waals surface area (Å²) in [6.45, 7) is 1.49. The van der Waals surface area contributed by atoms with Crippen LogP contribution in [0.2, 0.25) is 0 Å². The monoisotopic (exact) mass is 348 g/mol.